The van der Waals surface area contributed by atoms with Gasteiger partial charge in [0.05, 0.1) is 5.41 Å². The van der Waals surface area contributed by atoms with Gasteiger partial charge in [-0.1, -0.05) is 0 Å². The first kappa shape index (κ1) is 16.1. The molecule has 1 aromatic rings. The van der Waals surface area contributed by atoms with Crippen LogP contribution in [0.3, 0.4) is 0 Å². The predicted molar refractivity (Wildman–Crippen MR) is 81.0 cm³/mol. The molecule has 6 heteroatoms. The molecule has 0 spiro atoms. The molecule has 0 saturated heterocycles. The highest BCUT2D eigenvalue weighted by Gasteiger charge is 2.50. The Morgan fingerprint density at radius 1 is 1.32 bits per heavy atom. The van der Waals surface area contributed by atoms with Gasteiger partial charge in [0.2, 0.25) is 0 Å². The van der Waals surface area contributed by atoms with E-state index < -0.39 is 23.1 Å². The van der Waals surface area contributed by atoms with E-state index >= 15 is 0 Å². The maximum atomic E-state index is 11.9. The van der Waals surface area contributed by atoms with E-state index in [1.54, 1.807) is 26.8 Å². The molecule has 1 saturated carbocycles. The van der Waals surface area contributed by atoms with E-state index in [4.69, 9.17) is 4.74 Å². The van der Waals surface area contributed by atoms with Gasteiger partial charge in [0.1, 0.15) is 11.4 Å². The number of hydrogen-bond acceptors (Lipinski definition) is 4. The Morgan fingerprint density at radius 2 is 1.95 bits per heavy atom. The second kappa shape index (κ2) is 5.51. The van der Waals surface area contributed by atoms with Crippen LogP contribution in [-0.4, -0.2) is 27.9 Å². The zero-order valence-electron chi connectivity index (χ0n) is 13.0. The molecule has 1 aromatic carbocycles. The summed E-state index contributed by atoms with van der Waals surface area (Å²) in [7, 11) is 0. The smallest absolute Gasteiger partial charge is 0.412 e. The minimum Gasteiger partial charge on any atom is -0.508 e. The quantitative estimate of drug-likeness (QED) is 0.743. The Hall–Kier alpha value is -2.24. The van der Waals surface area contributed by atoms with Crippen molar-refractivity contribution >= 4 is 17.7 Å². The van der Waals surface area contributed by atoms with Gasteiger partial charge in [-0.25, -0.2) is 4.79 Å². The summed E-state index contributed by atoms with van der Waals surface area (Å²) in [6, 6.07) is 4.47. The third-order valence-corrected chi connectivity index (χ3v) is 3.56. The molecule has 1 fully saturated rings. The number of carboxylic acids is 1. The molecule has 1 amide bonds. The lowest BCUT2D eigenvalue weighted by atomic mass is 9.95. The van der Waals surface area contributed by atoms with Crippen molar-refractivity contribution in [1.29, 1.82) is 0 Å². The highest BCUT2D eigenvalue weighted by molar-refractivity contribution is 5.86. The summed E-state index contributed by atoms with van der Waals surface area (Å²) < 4.78 is 5.19. The van der Waals surface area contributed by atoms with Gasteiger partial charge in [0, 0.05) is 5.69 Å². The maximum Gasteiger partial charge on any atom is 0.412 e. The average molecular weight is 307 g/mol. The molecule has 1 aliphatic rings. The topological polar surface area (TPSA) is 95.9 Å². The summed E-state index contributed by atoms with van der Waals surface area (Å²) in [6.07, 6.45) is 0.856. The van der Waals surface area contributed by atoms with Crippen LogP contribution in [0.4, 0.5) is 10.5 Å². The van der Waals surface area contributed by atoms with E-state index in [2.05, 4.69) is 5.32 Å². The summed E-state index contributed by atoms with van der Waals surface area (Å²) >= 11 is 0. The fraction of sp³-hybridized carbons (Fsp3) is 0.500. The van der Waals surface area contributed by atoms with Gasteiger partial charge >= 0.3 is 12.1 Å². The summed E-state index contributed by atoms with van der Waals surface area (Å²) in [4.78, 5) is 23.2. The minimum atomic E-state index is -0.848. The van der Waals surface area contributed by atoms with Crippen molar-refractivity contribution in [3.05, 3.63) is 23.8 Å². The molecule has 0 aromatic heterocycles. The van der Waals surface area contributed by atoms with Gasteiger partial charge in [-0.2, -0.15) is 0 Å². The molecule has 3 N–H and O–H groups in total. The number of carbonyl (C=O) groups is 2. The number of phenolic OH excluding ortho intramolecular Hbond substituents is 1. The SMILES string of the molecule is CC(C)(C)OC(=O)Nc1ccc(O)cc1CC1(C(=O)O)CC1. The Bertz CT molecular complexity index is 599. The van der Waals surface area contributed by atoms with Gasteiger partial charge in [-0.3, -0.25) is 10.1 Å². The summed E-state index contributed by atoms with van der Waals surface area (Å²) in [5.74, 6) is -0.815. The van der Waals surface area contributed by atoms with Crippen LogP contribution in [0.5, 0.6) is 5.75 Å². The molecular weight excluding hydrogens is 286 g/mol. The zero-order chi connectivity index (χ0) is 16.5. The lowest BCUT2D eigenvalue weighted by molar-refractivity contribution is -0.143. The molecule has 2 rings (SSSR count). The number of phenols is 1. The van der Waals surface area contributed by atoms with Crippen LogP contribution in [0, 0.1) is 5.41 Å². The van der Waals surface area contributed by atoms with Gasteiger partial charge in [-0.05, 0) is 63.8 Å². The number of anilines is 1. The number of rotatable bonds is 4. The molecule has 1 aliphatic carbocycles. The molecule has 0 aliphatic heterocycles. The van der Waals surface area contributed by atoms with Gasteiger partial charge < -0.3 is 14.9 Å². The molecule has 6 nitrogen and oxygen atoms in total. The maximum absolute atomic E-state index is 11.9. The van der Waals surface area contributed by atoms with Crippen molar-refractivity contribution in [3.63, 3.8) is 0 Å². The van der Waals surface area contributed by atoms with E-state index in [1.807, 2.05) is 0 Å². The van der Waals surface area contributed by atoms with Crippen molar-refractivity contribution in [1.82, 2.24) is 0 Å². The largest absolute Gasteiger partial charge is 0.508 e. The Morgan fingerprint density at radius 3 is 2.45 bits per heavy atom. The molecule has 0 radical (unpaired) electrons. The number of amides is 1. The highest BCUT2D eigenvalue weighted by Crippen LogP contribution is 2.49. The Kier molecular flexibility index (Phi) is 4.04. The zero-order valence-corrected chi connectivity index (χ0v) is 13.0. The number of carboxylic acid groups (broad SMARTS) is 1. The number of benzene rings is 1. The first-order chi connectivity index (χ1) is 10.1. The average Bonchev–Trinajstić information content (AvgIpc) is 3.11. The van der Waals surface area contributed by atoms with Crippen molar-refractivity contribution in [3.8, 4) is 5.75 Å². The Balaban J connectivity index is 2.18. The van der Waals surface area contributed by atoms with Crippen LogP contribution in [0.1, 0.15) is 39.2 Å². The predicted octanol–water partition coefficient (Wildman–Crippen LogP) is 3.15. The number of hydrogen-bond donors (Lipinski definition) is 3. The van der Waals surface area contributed by atoms with Crippen molar-refractivity contribution in [2.24, 2.45) is 5.41 Å². The molecule has 0 heterocycles. The van der Waals surface area contributed by atoms with Crippen LogP contribution in [-0.2, 0) is 16.0 Å². The van der Waals surface area contributed by atoms with Crippen LogP contribution >= 0.6 is 0 Å². The third-order valence-electron chi connectivity index (χ3n) is 3.56. The molecule has 120 valence electrons. The molecule has 22 heavy (non-hydrogen) atoms. The van der Waals surface area contributed by atoms with Gasteiger partial charge in [0.25, 0.3) is 0 Å². The summed E-state index contributed by atoms with van der Waals surface area (Å²) in [5, 5.41) is 21.5. The number of aromatic hydroxyl groups is 1. The molecule has 0 bridgehead atoms. The molecule has 0 atom stereocenters. The van der Waals surface area contributed by atoms with Gasteiger partial charge in [-0.15, -0.1) is 0 Å². The number of aliphatic carboxylic acids is 1. The highest BCUT2D eigenvalue weighted by atomic mass is 16.6. The second-order valence-corrected chi connectivity index (χ2v) is 6.73. The fourth-order valence-corrected chi connectivity index (χ4v) is 2.24. The van der Waals surface area contributed by atoms with E-state index in [0.29, 0.717) is 24.1 Å². The Labute approximate surface area is 129 Å². The van der Waals surface area contributed by atoms with Gasteiger partial charge in [0.15, 0.2) is 0 Å². The number of nitrogens with one attached hydrogen (secondary N) is 1. The first-order valence-corrected chi connectivity index (χ1v) is 7.17. The lowest BCUT2D eigenvalue weighted by Crippen LogP contribution is -2.28. The minimum absolute atomic E-state index is 0.0333. The van der Waals surface area contributed by atoms with Crippen LogP contribution in [0.15, 0.2) is 18.2 Å². The monoisotopic (exact) mass is 307 g/mol. The number of ether oxygens (including phenoxy) is 1. The third kappa shape index (κ3) is 3.90. The first-order valence-electron chi connectivity index (χ1n) is 7.17. The summed E-state index contributed by atoms with van der Waals surface area (Å²) in [5.41, 5.74) is -0.358. The van der Waals surface area contributed by atoms with Crippen molar-refractivity contribution < 1.29 is 24.5 Å². The van der Waals surface area contributed by atoms with Crippen LogP contribution < -0.4 is 5.32 Å². The van der Waals surface area contributed by atoms with Crippen molar-refractivity contribution in [2.75, 3.05) is 5.32 Å². The van der Waals surface area contributed by atoms with E-state index in [-0.39, 0.29) is 12.2 Å². The fourth-order valence-electron chi connectivity index (χ4n) is 2.24. The normalized spacial score (nSPS) is 16.0. The van der Waals surface area contributed by atoms with E-state index in [0.717, 1.165) is 0 Å². The molecular formula is C16H21NO5. The lowest BCUT2D eigenvalue weighted by Gasteiger charge is -2.21. The summed E-state index contributed by atoms with van der Waals surface area (Å²) in [6.45, 7) is 5.27. The second-order valence-electron chi connectivity index (χ2n) is 6.73. The van der Waals surface area contributed by atoms with E-state index in [9.17, 15) is 19.8 Å². The number of carbonyl (C=O) groups excluding carboxylic acids is 1. The van der Waals surface area contributed by atoms with Crippen molar-refractivity contribution in [2.45, 2.75) is 45.6 Å². The standard InChI is InChI=1S/C16H21NO5/c1-15(2,3)22-14(21)17-12-5-4-11(18)8-10(12)9-16(6-7-16)13(19)20/h4-5,8,18H,6-7,9H2,1-3H3,(H,17,21)(H,19,20). The molecule has 0 unspecified atom stereocenters. The van der Waals surface area contributed by atoms with Crippen LogP contribution in [0.2, 0.25) is 0 Å². The van der Waals surface area contributed by atoms with Crippen LogP contribution in [0.25, 0.3) is 0 Å². The van der Waals surface area contributed by atoms with E-state index in [1.165, 1.54) is 12.1 Å².